The molecule has 2 aromatic rings. The van der Waals surface area contributed by atoms with E-state index in [1.165, 1.54) is 6.07 Å². The quantitative estimate of drug-likeness (QED) is 0.674. The van der Waals surface area contributed by atoms with Crippen LogP contribution in [0.25, 0.3) is 0 Å². The van der Waals surface area contributed by atoms with E-state index in [9.17, 15) is 9.18 Å². The molecule has 1 amide bonds. The summed E-state index contributed by atoms with van der Waals surface area (Å²) in [7, 11) is 0. The second-order valence-corrected chi connectivity index (χ2v) is 5.61. The third-order valence-electron chi connectivity index (χ3n) is 3.80. The third kappa shape index (κ3) is 2.77. The number of carbonyl (C=O) groups excluding carboxylic acids is 1. The van der Waals surface area contributed by atoms with Gasteiger partial charge in [-0.3, -0.25) is 10.0 Å². The molecule has 0 saturated carbocycles. The van der Waals surface area contributed by atoms with E-state index in [0.29, 0.717) is 12.1 Å². The maximum absolute atomic E-state index is 13.5. The van der Waals surface area contributed by atoms with Gasteiger partial charge in [-0.1, -0.05) is 23.7 Å². The molecule has 0 unspecified atom stereocenters. The average molecular weight is 321 g/mol. The molecule has 1 heterocycles. The number of nitrogens with one attached hydrogen (secondary N) is 1. The fraction of sp³-hybridized carbons (Fsp3) is 0.188. The van der Waals surface area contributed by atoms with Crippen LogP contribution in [-0.4, -0.2) is 17.7 Å². The van der Waals surface area contributed by atoms with Gasteiger partial charge in [-0.05, 0) is 41.8 Å². The fourth-order valence-electron chi connectivity index (χ4n) is 2.66. The van der Waals surface area contributed by atoms with E-state index in [-0.39, 0.29) is 10.8 Å². The highest BCUT2D eigenvalue weighted by atomic mass is 35.5. The molecule has 3 rings (SSSR count). The van der Waals surface area contributed by atoms with Gasteiger partial charge in [-0.25, -0.2) is 9.87 Å². The molecule has 22 heavy (non-hydrogen) atoms. The van der Waals surface area contributed by atoms with Crippen LogP contribution in [-0.2, 0) is 13.0 Å². The molecule has 2 aromatic carbocycles. The minimum absolute atomic E-state index is 0.126. The van der Waals surface area contributed by atoms with Gasteiger partial charge < -0.3 is 4.90 Å². The van der Waals surface area contributed by atoms with Gasteiger partial charge in [-0.2, -0.15) is 0 Å². The number of nitrogens with zero attached hydrogens (tertiary/aromatic N) is 1. The molecular weight excluding hydrogens is 307 g/mol. The summed E-state index contributed by atoms with van der Waals surface area (Å²) in [6, 6.07) is 10.1. The Labute approximate surface area is 132 Å². The van der Waals surface area contributed by atoms with Crippen molar-refractivity contribution in [3.8, 4) is 0 Å². The number of fused-ring (bicyclic) bond motifs is 1. The van der Waals surface area contributed by atoms with Crippen LogP contribution in [0.3, 0.4) is 0 Å². The lowest BCUT2D eigenvalue weighted by Gasteiger charge is -2.20. The average Bonchev–Trinajstić information content (AvgIpc) is 2.90. The van der Waals surface area contributed by atoms with Gasteiger partial charge in [0.1, 0.15) is 5.82 Å². The second kappa shape index (κ2) is 5.94. The molecule has 0 bridgehead atoms. The van der Waals surface area contributed by atoms with Crippen molar-refractivity contribution in [3.05, 3.63) is 63.9 Å². The zero-order chi connectivity index (χ0) is 15.7. The Balaban J connectivity index is 1.78. The molecule has 0 atom stereocenters. The Morgan fingerprint density at radius 2 is 2.05 bits per heavy atom. The number of amides is 1. The van der Waals surface area contributed by atoms with Crippen molar-refractivity contribution in [1.82, 2.24) is 5.48 Å². The van der Waals surface area contributed by atoms with E-state index in [2.05, 4.69) is 4.90 Å². The van der Waals surface area contributed by atoms with Gasteiger partial charge >= 0.3 is 0 Å². The molecule has 0 aromatic heterocycles. The molecule has 2 N–H and O–H groups in total. The molecule has 4 nitrogen and oxygen atoms in total. The molecule has 1 aliphatic rings. The van der Waals surface area contributed by atoms with Crippen LogP contribution in [0, 0.1) is 5.82 Å². The lowest BCUT2D eigenvalue weighted by atomic mass is 10.1. The number of carbonyl (C=O) groups is 1. The summed E-state index contributed by atoms with van der Waals surface area (Å²) < 4.78 is 13.5. The number of hydroxylamine groups is 1. The van der Waals surface area contributed by atoms with Crippen molar-refractivity contribution in [3.63, 3.8) is 0 Å². The van der Waals surface area contributed by atoms with Crippen LogP contribution in [0.2, 0.25) is 5.02 Å². The number of rotatable bonds is 3. The van der Waals surface area contributed by atoms with Crippen LogP contribution in [0.5, 0.6) is 0 Å². The Morgan fingerprint density at radius 1 is 1.32 bits per heavy atom. The lowest BCUT2D eigenvalue weighted by Crippen LogP contribution is -2.20. The fourth-order valence-corrected chi connectivity index (χ4v) is 2.82. The Bertz CT molecular complexity index is 719. The summed E-state index contributed by atoms with van der Waals surface area (Å²) in [5, 5.41) is 8.72. The maximum Gasteiger partial charge on any atom is 0.274 e. The van der Waals surface area contributed by atoms with E-state index >= 15 is 0 Å². The van der Waals surface area contributed by atoms with E-state index in [4.69, 9.17) is 16.8 Å². The maximum atomic E-state index is 13.5. The molecule has 114 valence electrons. The van der Waals surface area contributed by atoms with Crippen LogP contribution >= 0.6 is 11.6 Å². The molecule has 0 saturated heterocycles. The lowest BCUT2D eigenvalue weighted by molar-refractivity contribution is 0.0706. The molecule has 0 aliphatic carbocycles. The standard InChI is InChI=1S/C16H14ClFN2O2/c17-13-8-15-12(7-14(13)18)5-6-20(15)9-10-1-3-11(4-2-10)16(21)19-22/h1-4,7-8,22H,5-6,9H2,(H,19,21). The van der Waals surface area contributed by atoms with Crippen LogP contribution in [0.4, 0.5) is 10.1 Å². The third-order valence-corrected chi connectivity index (χ3v) is 4.09. The van der Waals surface area contributed by atoms with Crippen molar-refractivity contribution in [2.45, 2.75) is 13.0 Å². The zero-order valence-electron chi connectivity index (χ0n) is 11.6. The molecule has 1 aliphatic heterocycles. The van der Waals surface area contributed by atoms with E-state index in [0.717, 1.165) is 29.8 Å². The van der Waals surface area contributed by atoms with Gasteiger partial charge in [0.05, 0.1) is 5.02 Å². The van der Waals surface area contributed by atoms with Crippen LogP contribution in [0.15, 0.2) is 36.4 Å². The SMILES string of the molecule is O=C(NO)c1ccc(CN2CCc3cc(F)c(Cl)cc32)cc1. The van der Waals surface area contributed by atoms with Crippen LogP contribution in [0.1, 0.15) is 21.5 Å². The van der Waals surface area contributed by atoms with Gasteiger partial charge in [0.15, 0.2) is 0 Å². The van der Waals surface area contributed by atoms with Crippen molar-refractivity contribution in [2.75, 3.05) is 11.4 Å². The van der Waals surface area contributed by atoms with Gasteiger partial charge in [0, 0.05) is 24.3 Å². The molecule has 0 fully saturated rings. The number of anilines is 1. The monoisotopic (exact) mass is 320 g/mol. The summed E-state index contributed by atoms with van der Waals surface area (Å²) in [6.07, 6.45) is 0.786. The Hall–Kier alpha value is -2.11. The van der Waals surface area contributed by atoms with Crippen molar-refractivity contribution >= 4 is 23.2 Å². The highest BCUT2D eigenvalue weighted by Crippen LogP contribution is 2.33. The number of halogens is 2. The minimum atomic E-state index is -0.541. The van der Waals surface area contributed by atoms with E-state index < -0.39 is 5.91 Å². The van der Waals surface area contributed by atoms with Gasteiger partial charge in [-0.15, -0.1) is 0 Å². The number of hydrogen-bond donors (Lipinski definition) is 2. The molecule has 0 radical (unpaired) electrons. The van der Waals surface area contributed by atoms with E-state index in [1.807, 2.05) is 12.1 Å². The molecule has 0 spiro atoms. The van der Waals surface area contributed by atoms with Crippen molar-refractivity contribution in [1.29, 1.82) is 0 Å². The zero-order valence-corrected chi connectivity index (χ0v) is 12.4. The Morgan fingerprint density at radius 3 is 2.73 bits per heavy atom. The summed E-state index contributed by atoms with van der Waals surface area (Å²) >= 11 is 5.86. The predicted molar refractivity (Wildman–Crippen MR) is 81.9 cm³/mol. The first-order valence-corrected chi connectivity index (χ1v) is 7.22. The van der Waals surface area contributed by atoms with E-state index in [1.54, 1.807) is 23.7 Å². The van der Waals surface area contributed by atoms with Gasteiger partial charge in [0.25, 0.3) is 5.91 Å². The topological polar surface area (TPSA) is 52.6 Å². The highest BCUT2D eigenvalue weighted by molar-refractivity contribution is 6.31. The number of hydrogen-bond acceptors (Lipinski definition) is 3. The summed E-state index contributed by atoms with van der Waals surface area (Å²) in [4.78, 5) is 13.4. The summed E-state index contributed by atoms with van der Waals surface area (Å²) in [6.45, 7) is 1.45. The van der Waals surface area contributed by atoms with Crippen molar-refractivity contribution in [2.24, 2.45) is 0 Å². The van der Waals surface area contributed by atoms with Gasteiger partial charge in [0.2, 0.25) is 0 Å². The second-order valence-electron chi connectivity index (χ2n) is 5.20. The first-order chi connectivity index (χ1) is 10.6. The summed E-state index contributed by atoms with van der Waals surface area (Å²) in [5.74, 6) is -0.929. The number of benzene rings is 2. The predicted octanol–water partition coefficient (Wildman–Crippen LogP) is 3.16. The molecule has 6 heteroatoms. The summed E-state index contributed by atoms with van der Waals surface area (Å²) in [5.41, 5.74) is 4.91. The highest BCUT2D eigenvalue weighted by Gasteiger charge is 2.21. The Kier molecular flexibility index (Phi) is 4.00. The minimum Gasteiger partial charge on any atom is -0.367 e. The molecular formula is C16H14ClFN2O2. The van der Waals surface area contributed by atoms with Crippen LogP contribution < -0.4 is 10.4 Å². The first-order valence-electron chi connectivity index (χ1n) is 6.84. The normalized spacial score (nSPS) is 13.1. The van der Waals surface area contributed by atoms with Crippen molar-refractivity contribution < 1.29 is 14.4 Å². The smallest absolute Gasteiger partial charge is 0.274 e. The largest absolute Gasteiger partial charge is 0.367 e. The first kappa shape index (κ1) is 14.8.